The summed E-state index contributed by atoms with van der Waals surface area (Å²) in [6, 6.07) is 17.9. The number of anilines is 1. The van der Waals surface area contributed by atoms with Gasteiger partial charge in [0.15, 0.2) is 0 Å². The van der Waals surface area contributed by atoms with Gasteiger partial charge in [-0.25, -0.2) is 0 Å². The van der Waals surface area contributed by atoms with E-state index in [4.69, 9.17) is 5.11 Å². The van der Waals surface area contributed by atoms with Gasteiger partial charge in [0.05, 0.1) is 0 Å². The van der Waals surface area contributed by atoms with Crippen molar-refractivity contribution >= 4 is 17.6 Å². The van der Waals surface area contributed by atoms with E-state index in [2.05, 4.69) is 29.6 Å². The molecule has 0 radical (unpaired) electrons. The molecule has 2 aromatic carbocycles. The van der Waals surface area contributed by atoms with Crippen molar-refractivity contribution < 1.29 is 14.7 Å². The molecular formula is C21H23NO3. The number of aryl methyl sites for hydroxylation is 1. The summed E-state index contributed by atoms with van der Waals surface area (Å²) >= 11 is 0. The first-order valence-electron chi connectivity index (χ1n) is 8.75. The molecule has 1 fully saturated rings. The van der Waals surface area contributed by atoms with Gasteiger partial charge < -0.3 is 10.4 Å². The largest absolute Gasteiger partial charge is 0.481 e. The molecule has 130 valence electrons. The molecule has 0 unspecified atom stereocenters. The summed E-state index contributed by atoms with van der Waals surface area (Å²) in [5.74, 6) is 0.248. The summed E-state index contributed by atoms with van der Waals surface area (Å²) < 4.78 is 0. The van der Waals surface area contributed by atoms with E-state index < -0.39 is 5.97 Å². The van der Waals surface area contributed by atoms with Crippen molar-refractivity contribution in [2.24, 2.45) is 5.92 Å². The minimum atomic E-state index is -0.813. The number of carbonyl (C=O) groups excluding carboxylic acids is 1. The fraction of sp³-hybridized carbons (Fsp3) is 0.333. The van der Waals surface area contributed by atoms with Crippen molar-refractivity contribution in [1.29, 1.82) is 0 Å². The van der Waals surface area contributed by atoms with Gasteiger partial charge in [0, 0.05) is 18.5 Å². The van der Waals surface area contributed by atoms with E-state index in [1.54, 1.807) is 0 Å². The number of hydrogen-bond donors (Lipinski definition) is 2. The minimum Gasteiger partial charge on any atom is -0.481 e. The molecule has 1 aliphatic rings. The second-order valence-corrected chi connectivity index (χ2v) is 6.79. The Labute approximate surface area is 147 Å². The molecule has 0 spiro atoms. The maximum absolute atomic E-state index is 12.2. The van der Waals surface area contributed by atoms with E-state index in [1.807, 2.05) is 30.3 Å². The van der Waals surface area contributed by atoms with Crippen LogP contribution in [0.25, 0.3) is 0 Å². The Bertz CT molecular complexity index is 736. The number of hydrogen-bond acceptors (Lipinski definition) is 2. The average molecular weight is 337 g/mol. The molecule has 4 heteroatoms. The van der Waals surface area contributed by atoms with Crippen LogP contribution in [0.3, 0.4) is 0 Å². The van der Waals surface area contributed by atoms with Gasteiger partial charge in [-0.15, -0.1) is 0 Å². The van der Waals surface area contributed by atoms with E-state index in [9.17, 15) is 9.59 Å². The smallest absolute Gasteiger partial charge is 0.303 e. The number of aliphatic carboxylic acids is 1. The van der Waals surface area contributed by atoms with Crippen LogP contribution in [0.15, 0.2) is 54.6 Å². The number of amides is 1. The van der Waals surface area contributed by atoms with Gasteiger partial charge in [-0.1, -0.05) is 42.5 Å². The number of carboxylic acid groups (broad SMARTS) is 1. The highest BCUT2D eigenvalue weighted by atomic mass is 16.4. The number of benzene rings is 2. The second kappa shape index (κ2) is 7.97. The molecule has 0 bridgehead atoms. The lowest BCUT2D eigenvalue weighted by atomic mass is 9.70. The molecular weight excluding hydrogens is 314 g/mol. The molecule has 0 aliphatic heterocycles. The fourth-order valence-electron chi connectivity index (χ4n) is 3.43. The molecule has 1 saturated carbocycles. The normalized spacial score (nSPS) is 19.0. The summed E-state index contributed by atoms with van der Waals surface area (Å²) in [6.45, 7) is 0. The Hall–Kier alpha value is -2.62. The van der Waals surface area contributed by atoms with Crippen molar-refractivity contribution in [2.75, 3.05) is 5.32 Å². The maximum Gasteiger partial charge on any atom is 0.303 e. The summed E-state index contributed by atoms with van der Waals surface area (Å²) in [5, 5.41) is 11.7. The predicted molar refractivity (Wildman–Crippen MR) is 97.6 cm³/mol. The van der Waals surface area contributed by atoms with Gasteiger partial charge >= 0.3 is 5.97 Å². The van der Waals surface area contributed by atoms with Crippen LogP contribution in [0.1, 0.15) is 42.7 Å². The van der Waals surface area contributed by atoms with Crippen molar-refractivity contribution in [3.05, 3.63) is 65.7 Å². The number of carboxylic acids is 1. The number of rotatable bonds is 7. The zero-order valence-corrected chi connectivity index (χ0v) is 14.2. The van der Waals surface area contributed by atoms with E-state index in [1.165, 1.54) is 5.56 Å². The molecule has 2 aromatic rings. The predicted octanol–water partition coefficient (Wildman–Crippen LogP) is 4.23. The van der Waals surface area contributed by atoms with Gasteiger partial charge in [0.25, 0.3) is 0 Å². The summed E-state index contributed by atoms with van der Waals surface area (Å²) in [4.78, 5) is 22.9. The Morgan fingerprint density at radius 3 is 2.52 bits per heavy atom. The Balaban J connectivity index is 1.46. The molecule has 0 saturated heterocycles. The number of nitrogens with one attached hydrogen (secondary N) is 1. The molecule has 4 nitrogen and oxygen atoms in total. The van der Waals surface area contributed by atoms with Crippen LogP contribution >= 0.6 is 0 Å². The van der Waals surface area contributed by atoms with Crippen LogP contribution in [-0.2, 0) is 16.0 Å². The molecule has 3 rings (SSSR count). The topological polar surface area (TPSA) is 66.4 Å². The van der Waals surface area contributed by atoms with Crippen LogP contribution < -0.4 is 5.32 Å². The van der Waals surface area contributed by atoms with E-state index in [0.717, 1.165) is 24.1 Å². The van der Waals surface area contributed by atoms with E-state index in [0.29, 0.717) is 24.7 Å². The monoisotopic (exact) mass is 337 g/mol. The SMILES string of the molecule is O=C(O)CCc1cccc(NC(=O)CC2CC(c3ccccc3)C2)c1. The molecule has 1 aliphatic carbocycles. The third-order valence-electron chi connectivity index (χ3n) is 4.82. The highest BCUT2D eigenvalue weighted by molar-refractivity contribution is 5.91. The Morgan fingerprint density at radius 2 is 1.80 bits per heavy atom. The zero-order valence-electron chi connectivity index (χ0n) is 14.2. The molecule has 0 atom stereocenters. The van der Waals surface area contributed by atoms with Crippen LogP contribution in [-0.4, -0.2) is 17.0 Å². The maximum atomic E-state index is 12.2. The van der Waals surface area contributed by atoms with Crippen molar-refractivity contribution in [3.63, 3.8) is 0 Å². The minimum absolute atomic E-state index is 0.0342. The highest BCUT2D eigenvalue weighted by Crippen LogP contribution is 2.43. The first kappa shape index (κ1) is 17.2. The molecule has 0 aromatic heterocycles. The van der Waals surface area contributed by atoms with Crippen molar-refractivity contribution in [3.8, 4) is 0 Å². The van der Waals surface area contributed by atoms with Gasteiger partial charge in [-0.2, -0.15) is 0 Å². The molecule has 2 N–H and O–H groups in total. The lowest BCUT2D eigenvalue weighted by Crippen LogP contribution is -2.26. The van der Waals surface area contributed by atoms with Crippen LogP contribution in [0.4, 0.5) is 5.69 Å². The third-order valence-corrected chi connectivity index (χ3v) is 4.82. The van der Waals surface area contributed by atoms with Gasteiger partial charge in [-0.05, 0) is 54.4 Å². The molecule has 1 amide bonds. The second-order valence-electron chi connectivity index (χ2n) is 6.79. The third kappa shape index (κ3) is 4.92. The average Bonchev–Trinajstić information content (AvgIpc) is 2.57. The zero-order chi connectivity index (χ0) is 17.6. The lowest BCUT2D eigenvalue weighted by Gasteiger charge is -2.35. The quantitative estimate of drug-likeness (QED) is 0.795. The summed E-state index contributed by atoms with van der Waals surface area (Å²) in [7, 11) is 0. The van der Waals surface area contributed by atoms with E-state index >= 15 is 0 Å². The number of carbonyl (C=O) groups is 2. The van der Waals surface area contributed by atoms with Crippen molar-refractivity contribution in [2.45, 2.75) is 38.0 Å². The van der Waals surface area contributed by atoms with Crippen LogP contribution in [0, 0.1) is 5.92 Å². The first-order valence-corrected chi connectivity index (χ1v) is 8.75. The van der Waals surface area contributed by atoms with Gasteiger partial charge in [0.1, 0.15) is 0 Å². The first-order chi connectivity index (χ1) is 12.1. The van der Waals surface area contributed by atoms with Crippen LogP contribution in [0.2, 0.25) is 0 Å². The standard InChI is InChI=1S/C21H23NO3/c23-20(14-16-11-18(12-16)17-6-2-1-3-7-17)22-19-8-4-5-15(13-19)9-10-21(24)25/h1-8,13,16,18H,9-12,14H2,(H,22,23)(H,24,25). The summed E-state index contributed by atoms with van der Waals surface area (Å²) in [5.41, 5.74) is 3.03. The Kier molecular flexibility index (Phi) is 5.49. The van der Waals surface area contributed by atoms with Gasteiger partial charge in [0.2, 0.25) is 5.91 Å². The Morgan fingerprint density at radius 1 is 1.04 bits per heavy atom. The summed E-state index contributed by atoms with van der Waals surface area (Å²) in [6.07, 6.45) is 3.25. The van der Waals surface area contributed by atoms with Crippen LogP contribution in [0.5, 0.6) is 0 Å². The van der Waals surface area contributed by atoms with Gasteiger partial charge in [-0.3, -0.25) is 9.59 Å². The molecule has 25 heavy (non-hydrogen) atoms. The molecule has 0 heterocycles. The fourth-order valence-corrected chi connectivity index (χ4v) is 3.43. The van der Waals surface area contributed by atoms with E-state index in [-0.39, 0.29) is 12.3 Å². The highest BCUT2D eigenvalue weighted by Gasteiger charge is 2.31. The lowest BCUT2D eigenvalue weighted by molar-refractivity contribution is -0.137. The van der Waals surface area contributed by atoms with Crippen molar-refractivity contribution in [1.82, 2.24) is 0 Å².